The lowest BCUT2D eigenvalue weighted by Gasteiger charge is -2.32. The lowest BCUT2D eigenvalue weighted by molar-refractivity contribution is -0.0527. The second kappa shape index (κ2) is 5.85. The molecule has 1 fully saturated rings. The summed E-state index contributed by atoms with van der Waals surface area (Å²) < 4.78 is 11.1. The minimum absolute atomic E-state index is 0.255. The van der Waals surface area contributed by atoms with Gasteiger partial charge in [-0.2, -0.15) is 4.98 Å². The zero-order valence-electron chi connectivity index (χ0n) is 12.2. The molecule has 5 heteroatoms. The first kappa shape index (κ1) is 14.1. The maximum absolute atomic E-state index is 9.29. The van der Waals surface area contributed by atoms with Crippen molar-refractivity contribution in [2.45, 2.75) is 44.1 Å². The average molecular weight is 288 g/mol. The number of aromatic nitrogens is 2. The van der Waals surface area contributed by atoms with Crippen LogP contribution < -0.4 is 0 Å². The summed E-state index contributed by atoms with van der Waals surface area (Å²) in [4.78, 5) is 4.53. The van der Waals surface area contributed by atoms with Crippen LogP contribution in [0.25, 0.3) is 0 Å². The maximum atomic E-state index is 9.29. The first-order valence-electron chi connectivity index (χ1n) is 7.38. The normalized spacial score (nSPS) is 17.8. The van der Waals surface area contributed by atoms with Gasteiger partial charge in [-0.25, -0.2) is 0 Å². The summed E-state index contributed by atoms with van der Waals surface area (Å²) in [7, 11) is 1.72. The average Bonchev–Trinajstić information content (AvgIpc) is 2.99. The molecule has 112 valence electrons. The van der Waals surface area contributed by atoms with Gasteiger partial charge in [0, 0.05) is 7.11 Å². The van der Waals surface area contributed by atoms with Crippen molar-refractivity contribution >= 4 is 0 Å². The molecule has 5 nitrogen and oxygen atoms in total. The van der Waals surface area contributed by atoms with Gasteiger partial charge in [0.1, 0.15) is 11.4 Å². The van der Waals surface area contributed by atoms with Crippen LogP contribution in [0.4, 0.5) is 0 Å². The quantitative estimate of drug-likeness (QED) is 0.935. The van der Waals surface area contributed by atoms with E-state index in [0.717, 1.165) is 31.2 Å². The molecule has 1 aliphatic carbocycles. The van der Waals surface area contributed by atoms with Crippen LogP contribution in [0.1, 0.15) is 49.4 Å². The molecule has 1 saturated carbocycles. The summed E-state index contributed by atoms with van der Waals surface area (Å²) in [6.07, 6.45) is 5.96. The Balaban J connectivity index is 1.77. The Hall–Kier alpha value is -1.88. The third-order valence-electron chi connectivity index (χ3n) is 4.22. The first-order valence-corrected chi connectivity index (χ1v) is 7.38. The zero-order chi connectivity index (χ0) is 14.7. The van der Waals surface area contributed by atoms with E-state index in [1.807, 2.05) is 12.1 Å². The van der Waals surface area contributed by atoms with Crippen molar-refractivity contribution in [3.8, 4) is 5.75 Å². The SMILES string of the molecule is COC1(c2noc(Cc3ccc(O)cc3)n2)CCCCC1. The molecular formula is C16H20N2O3. The van der Waals surface area contributed by atoms with E-state index in [4.69, 9.17) is 9.26 Å². The van der Waals surface area contributed by atoms with Crippen LogP contribution in [0, 0.1) is 0 Å². The van der Waals surface area contributed by atoms with E-state index >= 15 is 0 Å². The van der Waals surface area contributed by atoms with Crippen LogP contribution in [0.15, 0.2) is 28.8 Å². The fourth-order valence-electron chi connectivity index (χ4n) is 2.94. The van der Waals surface area contributed by atoms with E-state index in [2.05, 4.69) is 10.1 Å². The van der Waals surface area contributed by atoms with Crippen molar-refractivity contribution in [2.75, 3.05) is 7.11 Å². The van der Waals surface area contributed by atoms with Gasteiger partial charge in [-0.3, -0.25) is 0 Å². The molecule has 1 aromatic heterocycles. The first-order chi connectivity index (χ1) is 10.2. The molecule has 0 saturated heterocycles. The Bertz CT molecular complexity index is 586. The molecule has 21 heavy (non-hydrogen) atoms. The Kier molecular flexibility index (Phi) is 3.92. The van der Waals surface area contributed by atoms with E-state index < -0.39 is 0 Å². The van der Waals surface area contributed by atoms with Gasteiger partial charge in [0.15, 0.2) is 0 Å². The van der Waals surface area contributed by atoms with Crippen molar-refractivity contribution in [1.29, 1.82) is 0 Å². The summed E-state index contributed by atoms with van der Waals surface area (Å²) in [5, 5.41) is 13.4. The number of ether oxygens (including phenoxy) is 1. The van der Waals surface area contributed by atoms with E-state index in [1.165, 1.54) is 6.42 Å². The number of phenols is 1. The van der Waals surface area contributed by atoms with Crippen LogP contribution in [-0.4, -0.2) is 22.4 Å². The third kappa shape index (κ3) is 2.93. The molecule has 1 aliphatic rings. The molecule has 0 aliphatic heterocycles. The molecule has 0 radical (unpaired) electrons. The van der Waals surface area contributed by atoms with Crippen molar-refractivity contribution in [3.05, 3.63) is 41.5 Å². The molecule has 3 rings (SSSR count). The Morgan fingerprint density at radius 2 is 1.90 bits per heavy atom. The summed E-state index contributed by atoms with van der Waals surface area (Å²) >= 11 is 0. The van der Waals surface area contributed by atoms with Gasteiger partial charge in [0.2, 0.25) is 11.7 Å². The van der Waals surface area contributed by atoms with Crippen molar-refractivity contribution in [3.63, 3.8) is 0 Å². The van der Waals surface area contributed by atoms with Gasteiger partial charge >= 0.3 is 0 Å². The summed E-state index contributed by atoms with van der Waals surface area (Å²) in [6.45, 7) is 0. The van der Waals surface area contributed by atoms with E-state index in [9.17, 15) is 5.11 Å². The van der Waals surface area contributed by atoms with Gasteiger partial charge in [-0.05, 0) is 30.5 Å². The summed E-state index contributed by atoms with van der Waals surface area (Å²) in [6, 6.07) is 7.02. The van der Waals surface area contributed by atoms with Crippen molar-refractivity contribution in [2.24, 2.45) is 0 Å². The standard InChI is InChI=1S/C16H20N2O3/c1-20-16(9-3-2-4-10-16)15-17-14(21-18-15)11-12-5-7-13(19)8-6-12/h5-8,19H,2-4,9-11H2,1H3. The maximum Gasteiger partial charge on any atom is 0.231 e. The van der Waals surface area contributed by atoms with E-state index in [1.54, 1.807) is 19.2 Å². The highest BCUT2D eigenvalue weighted by Gasteiger charge is 2.38. The number of rotatable bonds is 4. The number of phenolic OH excluding ortho intramolecular Hbond substituents is 1. The number of aromatic hydroxyl groups is 1. The number of nitrogens with zero attached hydrogens (tertiary/aromatic N) is 2. The topological polar surface area (TPSA) is 68.4 Å². The van der Waals surface area contributed by atoms with Gasteiger partial charge in [0.05, 0.1) is 6.42 Å². The largest absolute Gasteiger partial charge is 0.508 e. The number of methoxy groups -OCH3 is 1. The van der Waals surface area contributed by atoms with Crippen LogP contribution in [-0.2, 0) is 16.8 Å². The summed E-state index contributed by atoms with van der Waals surface area (Å²) in [5.41, 5.74) is 0.646. The number of hydrogen-bond acceptors (Lipinski definition) is 5. The van der Waals surface area contributed by atoms with Gasteiger partial charge < -0.3 is 14.4 Å². The molecule has 2 aromatic rings. The molecule has 1 aromatic carbocycles. The molecule has 0 amide bonds. The van der Waals surface area contributed by atoms with Crippen LogP contribution in [0.5, 0.6) is 5.75 Å². The monoisotopic (exact) mass is 288 g/mol. The van der Waals surface area contributed by atoms with Crippen molar-refractivity contribution in [1.82, 2.24) is 10.1 Å². The Morgan fingerprint density at radius 3 is 2.57 bits per heavy atom. The van der Waals surface area contributed by atoms with E-state index in [-0.39, 0.29) is 11.4 Å². The molecule has 1 N–H and O–H groups in total. The highest BCUT2D eigenvalue weighted by Crippen LogP contribution is 2.38. The molecule has 0 spiro atoms. The highest BCUT2D eigenvalue weighted by atomic mass is 16.5. The van der Waals surface area contributed by atoms with Gasteiger partial charge in [0.25, 0.3) is 0 Å². The zero-order valence-corrected chi connectivity index (χ0v) is 12.2. The minimum atomic E-state index is -0.380. The second-order valence-electron chi connectivity index (χ2n) is 5.61. The predicted molar refractivity (Wildman–Crippen MR) is 77.0 cm³/mol. The molecule has 0 unspecified atom stereocenters. The number of hydrogen-bond donors (Lipinski definition) is 1. The van der Waals surface area contributed by atoms with Crippen molar-refractivity contribution < 1.29 is 14.4 Å². The fraction of sp³-hybridized carbons (Fsp3) is 0.500. The molecule has 0 atom stereocenters. The minimum Gasteiger partial charge on any atom is -0.508 e. The van der Waals surface area contributed by atoms with Gasteiger partial charge in [-0.15, -0.1) is 0 Å². The molecule has 0 bridgehead atoms. The van der Waals surface area contributed by atoms with Crippen LogP contribution in [0.2, 0.25) is 0 Å². The van der Waals surface area contributed by atoms with E-state index in [0.29, 0.717) is 18.1 Å². The van der Waals surface area contributed by atoms with Crippen LogP contribution in [0.3, 0.4) is 0 Å². The summed E-state index contributed by atoms with van der Waals surface area (Å²) in [5.74, 6) is 1.50. The second-order valence-corrected chi connectivity index (χ2v) is 5.61. The van der Waals surface area contributed by atoms with Crippen LogP contribution >= 0.6 is 0 Å². The van der Waals surface area contributed by atoms with Gasteiger partial charge in [-0.1, -0.05) is 36.6 Å². The number of benzene rings is 1. The molecule has 1 heterocycles. The lowest BCUT2D eigenvalue weighted by atomic mass is 9.84. The Morgan fingerprint density at radius 1 is 1.19 bits per heavy atom. The lowest BCUT2D eigenvalue weighted by Crippen LogP contribution is -2.32. The third-order valence-corrected chi connectivity index (χ3v) is 4.22. The highest BCUT2D eigenvalue weighted by molar-refractivity contribution is 5.27. The Labute approximate surface area is 123 Å². The smallest absolute Gasteiger partial charge is 0.231 e. The molecular weight excluding hydrogens is 268 g/mol. The fourth-order valence-corrected chi connectivity index (χ4v) is 2.94. The predicted octanol–water partition coefficient (Wildman–Crippen LogP) is 3.17.